The molecule has 2 saturated heterocycles. The predicted octanol–water partition coefficient (Wildman–Crippen LogP) is 1.27. The topological polar surface area (TPSA) is 121 Å². The molecule has 11 heteroatoms. The second kappa shape index (κ2) is 9.40. The largest absolute Gasteiger partial charge is 0.387 e. The van der Waals surface area contributed by atoms with Crippen LogP contribution in [-0.4, -0.2) is 92.1 Å². The molecule has 0 spiro atoms. The maximum atomic E-state index is 13.5. The van der Waals surface area contributed by atoms with Crippen molar-refractivity contribution in [1.29, 1.82) is 0 Å². The number of fused-ring (bicyclic) bond motifs is 1. The van der Waals surface area contributed by atoms with E-state index >= 15 is 0 Å². The molecule has 2 aromatic heterocycles. The molecule has 1 amide bonds. The number of amides is 1. The lowest BCUT2D eigenvalue weighted by atomic mass is 10.1. The molecule has 2 aliphatic heterocycles. The van der Waals surface area contributed by atoms with E-state index in [9.17, 15) is 9.00 Å². The Morgan fingerprint density at radius 3 is 2.88 bits per heavy atom. The number of rotatable bonds is 4. The number of pyridine rings is 1. The van der Waals surface area contributed by atoms with Crippen molar-refractivity contribution in [1.82, 2.24) is 19.9 Å². The highest BCUT2D eigenvalue weighted by molar-refractivity contribution is 7.93. The van der Waals surface area contributed by atoms with Gasteiger partial charge in [-0.3, -0.25) is 9.78 Å². The predicted molar refractivity (Wildman–Crippen MR) is 129 cm³/mol. The number of aliphatic hydroxyl groups excluding tert-OH is 1. The molecule has 34 heavy (non-hydrogen) atoms. The second-order valence-corrected chi connectivity index (χ2v) is 11.2. The summed E-state index contributed by atoms with van der Waals surface area (Å²) in [5.74, 6) is 1.76. The number of nitrogens with zero attached hydrogens (tertiary/aromatic N) is 6. The summed E-state index contributed by atoms with van der Waals surface area (Å²) in [5, 5.41) is 9.11. The molecule has 0 bridgehead atoms. The van der Waals surface area contributed by atoms with Crippen molar-refractivity contribution in [3.8, 4) is 11.4 Å². The Hall–Kier alpha value is -2.89. The number of ether oxygens (including phenoxy) is 1. The molecule has 1 atom stereocenters. The number of aromatic nitrogens is 3. The van der Waals surface area contributed by atoms with Gasteiger partial charge in [0.1, 0.15) is 12.4 Å². The summed E-state index contributed by atoms with van der Waals surface area (Å²) in [6, 6.07) is 3.83. The van der Waals surface area contributed by atoms with E-state index in [0.29, 0.717) is 44.5 Å². The summed E-state index contributed by atoms with van der Waals surface area (Å²) in [4.78, 5) is 29.5. The van der Waals surface area contributed by atoms with Crippen molar-refractivity contribution in [3.05, 3.63) is 35.7 Å². The fraction of sp³-hybridized carbons (Fsp3) is 0.478. The molecule has 0 aromatic carbocycles. The van der Waals surface area contributed by atoms with Crippen molar-refractivity contribution < 1.29 is 18.8 Å². The van der Waals surface area contributed by atoms with Gasteiger partial charge in [-0.2, -0.15) is 4.36 Å². The number of carbonyl (C=O) groups is 1. The quantitative estimate of drug-likeness (QED) is 0.689. The molecule has 3 aliphatic rings. The van der Waals surface area contributed by atoms with Crippen LogP contribution in [0.15, 0.2) is 28.8 Å². The van der Waals surface area contributed by atoms with E-state index in [0.717, 1.165) is 29.1 Å². The van der Waals surface area contributed by atoms with Gasteiger partial charge in [-0.1, -0.05) is 12.2 Å². The number of allylic oxidation sites excluding steroid dienone is 1. The Balaban J connectivity index is 1.56. The molecule has 1 aliphatic carbocycles. The zero-order valence-electron chi connectivity index (χ0n) is 19.1. The highest BCUT2D eigenvalue weighted by Gasteiger charge is 2.26. The Morgan fingerprint density at radius 2 is 2.12 bits per heavy atom. The number of hydrogen-bond acceptors (Lipinski definition) is 9. The molecular formula is C23H28N6O4S. The third-order valence-electron chi connectivity index (χ3n) is 6.38. The first-order chi connectivity index (χ1) is 16.5. The Bertz CT molecular complexity index is 1240. The van der Waals surface area contributed by atoms with Crippen molar-refractivity contribution in [3.63, 3.8) is 0 Å². The monoisotopic (exact) mass is 484 g/mol. The highest BCUT2D eigenvalue weighted by atomic mass is 32.2. The average Bonchev–Trinajstić information content (AvgIpc) is 3.33. The fourth-order valence-corrected chi connectivity index (χ4v) is 6.32. The first kappa shape index (κ1) is 22.9. The first-order valence-corrected chi connectivity index (χ1v) is 13.3. The third kappa shape index (κ3) is 4.55. The normalized spacial score (nSPS) is 21.4. The van der Waals surface area contributed by atoms with Crippen LogP contribution in [0.3, 0.4) is 0 Å². The standard InChI is InChI=1S/C23H28N6O4S/c1-16-15-33-10-7-29(16)21-13-20(27-34(32)11-8-28(9-12-34)22(31)14-30)25-23(26-21)18-5-6-24-19-4-2-3-17(18)19/h2-3,5-6,13,16,30H,4,7-12,14-15H2,1H3/t16-/m1/s1. The van der Waals surface area contributed by atoms with Crippen LogP contribution in [0.25, 0.3) is 17.5 Å². The summed E-state index contributed by atoms with van der Waals surface area (Å²) in [7, 11) is -2.60. The van der Waals surface area contributed by atoms with Crippen LogP contribution in [0, 0.1) is 0 Å². The molecule has 5 rings (SSSR count). The van der Waals surface area contributed by atoms with Crippen LogP contribution in [-0.2, 0) is 25.7 Å². The van der Waals surface area contributed by atoms with Crippen LogP contribution in [0.2, 0.25) is 0 Å². The van der Waals surface area contributed by atoms with Crippen molar-refractivity contribution in [2.45, 2.75) is 19.4 Å². The zero-order valence-corrected chi connectivity index (χ0v) is 19.9. The molecule has 0 radical (unpaired) electrons. The van der Waals surface area contributed by atoms with E-state index in [1.807, 2.05) is 12.1 Å². The van der Waals surface area contributed by atoms with E-state index in [1.54, 1.807) is 12.3 Å². The van der Waals surface area contributed by atoms with Gasteiger partial charge < -0.3 is 19.6 Å². The van der Waals surface area contributed by atoms with E-state index < -0.39 is 16.3 Å². The minimum atomic E-state index is -2.60. The van der Waals surface area contributed by atoms with Crippen molar-refractivity contribution in [2.24, 2.45) is 4.36 Å². The minimum absolute atomic E-state index is 0.133. The Morgan fingerprint density at radius 1 is 1.29 bits per heavy atom. The van der Waals surface area contributed by atoms with Gasteiger partial charge in [0.05, 0.1) is 34.7 Å². The highest BCUT2D eigenvalue weighted by Crippen LogP contribution is 2.32. The summed E-state index contributed by atoms with van der Waals surface area (Å²) in [6.07, 6.45) is 6.64. The summed E-state index contributed by atoms with van der Waals surface area (Å²) < 4.78 is 23.7. The van der Waals surface area contributed by atoms with E-state index in [4.69, 9.17) is 19.8 Å². The van der Waals surface area contributed by atoms with Gasteiger partial charge in [0.15, 0.2) is 11.6 Å². The Labute approximate surface area is 198 Å². The van der Waals surface area contributed by atoms with Crippen molar-refractivity contribution in [2.75, 3.05) is 55.9 Å². The van der Waals surface area contributed by atoms with Gasteiger partial charge in [0, 0.05) is 61.0 Å². The summed E-state index contributed by atoms with van der Waals surface area (Å²) >= 11 is 0. The van der Waals surface area contributed by atoms with Crippen molar-refractivity contribution >= 4 is 33.3 Å². The molecular weight excluding hydrogens is 456 g/mol. The van der Waals surface area contributed by atoms with Gasteiger partial charge in [-0.05, 0) is 13.0 Å². The first-order valence-electron chi connectivity index (χ1n) is 11.5. The lowest BCUT2D eigenvalue weighted by Gasteiger charge is -2.34. The van der Waals surface area contributed by atoms with Crippen LogP contribution in [0.4, 0.5) is 11.6 Å². The number of aliphatic hydroxyl groups is 1. The van der Waals surface area contributed by atoms with Gasteiger partial charge in [-0.25, -0.2) is 14.2 Å². The number of morpholine rings is 1. The lowest BCUT2D eigenvalue weighted by Crippen LogP contribution is -2.44. The van der Waals surface area contributed by atoms with Gasteiger partial charge in [-0.15, -0.1) is 0 Å². The summed E-state index contributed by atoms with van der Waals surface area (Å²) in [6.45, 7) is 4.04. The third-order valence-corrected chi connectivity index (χ3v) is 8.54. The molecule has 2 aromatic rings. The molecule has 1 N–H and O–H groups in total. The van der Waals surface area contributed by atoms with Crippen LogP contribution in [0.1, 0.15) is 18.2 Å². The Kier molecular flexibility index (Phi) is 6.32. The van der Waals surface area contributed by atoms with E-state index in [1.165, 1.54) is 4.90 Å². The van der Waals surface area contributed by atoms with Crippen LogP contribution < -0.4 is 4.90 Å². The molecule has 2 fully saturated rings. The second-order valence-electron chi connectivity index (χ2n) is 8.66. The van der Waals surface area contributed by atoms with Crippen LogP contribution >= 0.6 is 0 Å². The van der Waals surface area contributed by atoms with E-state index in [2.05, 4.69) is 27.2 Å². The minimum Gasteiger partial charge on any atom is -0.387 e. The molecule has 10 nitrogen and oxygen atoms in total. The fourth-order valence-electron chi connectivity index (χ4n) is 4.48. The number of anilines is 1. The summed E-state index contributed by atoms with van der Waals surface area (Å²) in [5.41, 5.74) is 2.86. The van der Waals surface area contributed by atoms with E-state index in [-0.39, 0.29) is 23.5 Å². The molecule has 4 heterocycles. The van der Waals surface area contributed by atoms with Gasteiger partial charge in [0.2, 0.25) is 5.91 Å². The maximum Gasteiger partial charge on any atom is 0.248 e. The molecule has 0 unspecified atom stereocenters. The smallest absolute Gasteiger partial charge is 0.248 e. The average molecular weight is 485 g/mol. The van der Waals surface area contributed by atoms with Crippen LogP contribution in [0.5, 0.6) is 0 Å². The lowest BCUT2D eigenvalue weighted by molar-refractivity contribution is -0.133. The maximum absolute atomic E-state index is 13.5. The SMILES string of the molecule is C[C@@H]1COCCN1c1cc(N=S2(=O)CCN(C(=O)CO)CC2)nc(-c2ccnc3c2C=CC3)n1. The number of hydrogen-bond donors (Lipinski definition) is 1. The van der Waals surface area contributed by atoms with Gasteiger partial charge in [0.25, 0.3) is 0 Å². The van der Waals surface area contributed by atoms with Gasteiger partial charge >= 0.3 is 0 Å². The molecule has 0 saturated carbocycles. The number of carbonyl (C=O) groups excluding carboxylic acids is 1. The molecule has 180 valence electrons. The zero-order chi connectivity index (χ0) is 23.7.